The van der Waals surface area contributed by atoms with Gasteiger partial charge in [0, 0.05) is 24.6 Å². The Kier molecular flexibility index (Phi) is 3.33. The molecule has 0 unspecified atom stereocenters. The number of aromatic nitrogens is 4. The Morgan fingerprint density at radius 3 is 2.74 bits per heavy atom. The maximum Gasteiger partial charge on any atom is 0.213 e. The van der Waals surface area contributed by atoms with E-state index in [1.54, 1.807) is 12.5 Å². The summed E-state index contributed by atoms with van der Waals surface area (Å²) in [5.74, 6) is 0.662. The summed E-state index contributed by atoms with van der Waals surface area (Å²) >= 11 is 0. The Bertz CT molecular complexity index is 601. The van der Waals surface area contributed by atoms with Crippen LogP contribution in [0.5, 0.6) is 0 Å². The summed E-state index contributed by atoms with van der Waals surface area (Å²) in [6, 6.07) is 8.29. The van der Waals surface area contributed by atoms with Crippen LogP contribution in [-0.2, 0) is 13.1 Å². The molecule has 6 nitrogen and oxygen atoms in total. The van der Waals surface area contributed by atoms with E-state index in [-0.39, 0.29) is 0 Å². The molecule has 2 aromatic heterocycles. The molecular weight excluding hydrogens is 242 g/mol. The highest BCUT2D eigenvalue weighted by atomic mass is 16.5. The monoisotopic (exact) mass is 255 g/mol. The molecule has 0 fully saturated rings. The number of imidazole rings is 1. The molecule has 3 aromatic rings. The molecule has 3 rings (SSSR count). The molecule has 0 atom stereocenters. The van der Waals surface area contributed by atoms with Gasteiger partial charge in [0.05, 0.1) is 12.9 Å². The summed E-state index contributed by atoms with van der Waals surface area (Å²) in [6.07, 6.45) is 6.80. The van der Waals surface area contributed by atoms with E-state index in [4.69, 9.17) is 0 Å². The number of nitrogens with zero attached hydrogens (tertiary/aromatic N) is 4. The lowest BCUT2D eigenvalue weighted by molar-refractivity contribution is 0.407. The molecule has 0 saturated heterocycles. The maximum atomic E-state index is 4.66. The van der Waals surface area contributed by atoms with E-state index in [0.29, 0.717) is 12.4 Å². The minimum Gasteiger partial charge on any atom is -0.343 e. The average molecular weight is 255 g/mol. The van der Waals surface area contributed by atoms with Gasteiger partial charge in [-0.1, -0.05) is 17.3 Å². The first-order chi connectivity index (χ1) is 9.42. The van der Waals surface area contributed by atoms with Crippen LogP contribution in [0, 0.1) is 0 Å². The van der Waals surface area contributed by atoms with Crippen LogP contribution in [-0.4, -0.2) is 19.7 Å². The predicted molar refractivity (Wildman–Crippen MR) is 68.4 cm³/mol. The molecule has 0 spiro atoms. The van der Waals surface area contributed by atoms with Crippen molar-refractivity contribution in [3.63, 3.8) is 0 Å². The second-order valence-corrected chi connectivity index (χ2v) is 4.09. The maximum absolute atomic E-state index is 4.66. The fourth-order valence-corrected chi connectivity index (χ4v) is 1.79. The zero-order valence-corrected chi connectivity index (χ0v) is 10.2. The Hall–Kier alpha value is -2.47. The fourth-order valence-electron chi connectivity index (χ4n) is 1.79. The van der Waals surface area contributed by atoms with Gasteiger partial charge in [-0.3, -0.25) is 0 Å². The van der Waals surface area contributed by atoms with Crippen LogP contribution < -0.4 is 5.32 Å². The molecule has 6 heteroatoms. The minimum atomic E-state index is 0.597. The van der Waals surface area contributed by atoms with Crippen molar-refractivity contribution in [1.29, 1.82) is 0 Å². The van der Waals surface area contributed by atoms with E-state index in [2.05, 4.69) is 49.2 Å². The molecule has 1 aromatic carbocycles. The van der Waals surface area contributed by atoms with Gasteiger partial charge in [-0.25, -0.2) is 4.98 Å². The molecule has 0 bridgehead atoms. The Morgan fingerprint density at radius 1 is 1.16 bits per heavy atom. The van der Waals surface area contributed by atoms with Gasteiger partial charge in [-0.2, -0.15) is 4.98 Å². The highest BCUT2D eigenvalue weighted by molar-refractivity contribution is 5.34. The van der Waals surface area contributed by atoms with Gasteiger partial charge in [-0.05, 0) is 17.7 Å². The molecule has 0 amide bonds. The molecule has 0 saturated carbocycles. The van der Waals surface area contributed by atoms with Crippen LogP contribution in [0.15, 0.2) is 53.9 Å². The SMILES string of the molecule is c1cn(-c2ccc(CNCc3ncon3)cc2)cn1. The van der Waals surface area contributed by atoms with Crippen molar-refractivity contribution < 1.29 is 4.52 Å². The summed E-state index contributed by atoms with van der Waals surface area (Å²) in [5, 5.41) is 6.99. The van der Waals surface area contributed by atoms with Crippen molar-refractivity contribution in [2.75, 3.05) is 0 Å². The summed E-state index contributed by atoms with van der Waals surface area (Å²) in [5.41, 5.74) is 2.30. The molecule has 0 radical (unpaired) electrons. The van der Waals surface area contributed by atoms with Crippen molar-refractivity contribution in [3.8, 4) is 5.69 Å². The van der Waals surface area contributed by atoms with Crippen LogP contribution in [0.1, 0.15) is 11.4 Å². The molecule has 2 heterocycles. The lowest BCUT2D eigenvalue weighted by atomic mass is 10.2. The van der Waals surface area contributed by atoms with Gasteiger partial charge < -0.3 is 14.4 Å². The lowest BCUT2D eigenvalue weighted by Gasteiger charge is -2.05. The van der Waals surface area contributed by atoms with Gasteiger partial charge >= 0.3 is 0 Å². The standard InChI is InChI=1S/C13H13N5O/c1-3-12(18-6-5-14-9-18)4-2-11(1)7-15-8-13-16-10-19-17-13/h1-6,9-10,15H,7-8H2. The molecule has 96 valence electrons. The molecule has 0 aliphatic rings. The predicted octanol–water partition coefficient (Wildman–Crippen LogP) is 1.55. The lowest BCUT2D eigenvalue weighted by Crippen LogP contribution is -2.13. The summed E-state index contributed by atoms with van der Waals surface area (Å²) in [4.78, 5) is 7.97. The Morgan fingerprint density at radius 2 is 2.05 bits per heavy atom. The van der Waals surface area contributed by atoms with Crippen molar-refractivity contribution >= 4 is 0 Å². The normalized spacial score (nSPS) is 10.7. The zero-order chi connectivity index (χ0) is 12.9. The van der Waals surface area contributed by atoms with Gasteiger partial charge in [0.25, 0.3) is 0 Å². The molecule has 19 heavy (non-hydrogen) atoms. The van der Waals surface area contributed by atoms with Gasteiger partial charge in [0.2, 0.25) is 6.39 Å². The molecule has 1 N–H and O–H groups in total. The van der Waals surface area contributed by atoms with Gasteiger partial charge in [-0.15, -0.1) is 0 Å². The van der Waals surface area contributed by atoms with Crippen LogP contribution in [0.2, 0.25) is 0 Å². The summed E-state index contributed by atoms with van der Waals surface area (Å²) in [7, 11) is 0. The van der Waals surface area contributed by atoms with E-state index >= 15 is 0 Å². The zero-order valence-electron chi connectivity index (χ0n) is 10.2. The first-order valence-electron chi connectivity index (χ1n) is 5.95. The third-order valence-corrected chi connectivity index (χ3v) is 2.76. The third-order valence-electron chi connectivity index (χ3n) is 2.76. The third kappa shape index (κ3) is 2.86. The second-order valence-electron chi connectivity index (χ2n) is 4.09. The smallest absolute Gasteiger partial charge is 0.213 e. The van der Waals surface area contributed by atoms with Gasteiger partial charge in [0.1, 0.15) is 0 Å². The van der Waals surface area contributed by atoms with E-state index in [9.17, 15) is 0 Å². The highest BCUT2D eigenvalue weighted by Gasteiger charge is 1.99. The number of nitrogens with one attached hydrogen (secondary N) is 1. The van der Waals surface area contributed by atoms with Crippen molar-refractivity contribution in [3.05, 3.63) is 60.8 Å². The number of hydrogen-bond donors (Lipinski definition) is 1. The molecule has 0 aliphatic carbocycles. The van der Waals surface area contributed by atoms with Crippen molar-refractivity contribution in [2.24, 2.45) is 0 Å². The first kappa shape index (κ1) is 11.6. The molecule has 0 aliphatic heterocycles. The number of hydrogen-bond acceptors (Lipinski definition) is 5. The minimum absolute atomic E-state index is 0.597. The van der Waals surface area contributed by atoms with Crippen molar-refractivity contribution in [1.82, 2.24) is 25.0 Å². The van der Waals surface area contributed by atoms with Crippen LogP contribution >= 0.6 is 0 Å². The van der Waals surface area contributed by atoms with Gasteiger partial charge in [0.15, 0.2) is 5.82 Å². The van der Waals surface area contributed by atoms with E-state index in [1.807, 2.05) is 10.8 Å². The Balaban J connectivity index is 1.57. The van der Waals surface area contributed by atoms with E-state index in [1.165, 1.54) is 12.0 Å². The quantitative estimate of drug-likeness (QED) is 0.749. The van der Waals surface area contributed by atoms with E-state index in [0.717, 1.165) is 12.2 Å². The number of benzene rings is 1. The van der Waals surface area contributed by atoms with Crippen LogP contribution in [0.3, 0.4) is 0 Å². The topological polar surface area (TPSA) is 68.8 Å². The van der Waals surface area contributed by atoms with Crippen LogP contribution in [0.25, 0.3) is 5.69 Å². The first-order valence-corrected chi connectivity index (χ1v) is 5.95. The largest absolute Gasteiger partial charge is 0.343 e. The summed E-state index contributed by atoms with van der Waals surface area (Å²) in [6.45, 7) is 1.36. The fraction of sp³-hybridized carbons (Fsp3) is 0.154. The average Bonchev–Trinajstić information content (AvgIpc) is 3.13. The Labute approximate surface area is 110 Å². The number of rotatable bonds is 5. The van der Waals surface area contributed by atoms with Crippen molar-refractivity contribution in [2.45, 2.75) is 13.1 Å². The van der Waals surface area contributed by atoms with E-state index < -0.39 is 0 Å². The summed E-state index contributed by atoms with van der Waals surface area (Å²) < 4.78 is 6.63. The highest BCUT2D eigenvalue weighted by Crippen LogP contribution is 2.09. The molecular formula is C13H13N5O. The second kappa shape index (κ2) is 5.45. The van der Waals surface area contributed by atoms with Crippen LogP contribution in [0.4, 0.5) is 0 Å².